The summed E-state index contributed by atoms with van der Waals surface area (Å²) in [7, 11) is 1.92. The van der Waals surface area contributed by atoms with Crippen molar-refractivity contribution in [3.63, 3.8) is 0 Å². The highest BCUT2D eigenvalue weighted by molar-refractivity contribution is 5.90. The molecule has 3 nitrogen and oxygen atoms in total. The third-order valence-corrected chi connectivity index (χ3v) is 3.84. The molecule has 0 bridgehead atoms. The molecule has 0 aliphatic rings. The Kier molecular flexibility index (Phi) is 4.28. The van der Waals surface area contributed by atoms with Crippen LogP contribution in [0.15, 0.2) is 30.3 Å². The number of rotatable bonds is 4. The second-order valence-electron chi connectivity index (χ2n) is 5.01. The van der Waals surface area contributed by atoms with Crippen molar-refractivity contribution in [2.45, 2.75) is 33.8 Å². The van der Waals surface area contributed by atoms with Crippen molar-refractivity contribution in [2.75, 3.05) is 0 Å². The van der Waals surface area contributed by atoms with Gasteiger partial charge in [-0.25, -0.2) is 4.79 Å². The van der Waals surface area contributed by atoms with Crippen LogP contribution in [0.2, 0.25) is 0 Å². The highest BCUT2D eigenvalue weighted by atomic mass is 16.5. The molecule has 20 heavy (non-hydrogen) atoms. The van der Waals surface area contributed by atoms with Gasteiger partial charge in [-0.3, -0.25) is 0 Å². The number of nitrogens with zero attached hydrogens (tertiary/aromatic N) is 1. The fraction of sp³-hybridized carbons (Fsp3) is 0.353. The maximum absolute atomic E-state index is 12.3. The van der Waals surface area contributed by atoms with Crippen LogP contribution in [0.1, 0.15) is 39.8 Å². The Balaban J connectivity index is 2.18. The molecule has 0 saturated heterocycles. The molecule has 1 heterocycles. The first-order valence-electron chi connectivity index (χ1n) is 6.92. The van der Waals surface area contributed by atoms with Crippen molar-refractivity contribution in [1.82, 2.24) is 4.57 Å². The number of benzene rings is 1. The number of hydrogen-bond acceptors (Lipinski definition) is 2. The predicted molar refractivity (Wildman–Crippen MR) is 79.8 cm³/mol. The topological polar surface area (TPSA) is 31.2 Å². The van der Waals surface area contributed by atoms with Crippen LogP contribution in [-0.4, -0.2) is 10.5 Å². The molecular weight excluding hydrogens is 250 g/mol. The summed E-state index contributed by atoms with van der Waals surface area (Å²) >= 11 is 0. The van der Waals surface area contributed by atoms with Gasteiger partial charge in [-0.05, 0) is 37.0 Å². The van der Waals surface area contributed by atoms with E-state index in [1.165, 1.54) is 5.56 Å². The summed E-state index contributed by atoms with van der Waals surface area (Å²) in [6.07, 6.45) is 0.928. The molecule has 0 atom stereocenters. The summed E-state index contributed by atoms with van der Waals surface area (Å²) in [4.78, 5) is 12.3. The zero-order valence-corrected chi connectivity index (χ0v) is 12.6. The third kappa shape index (κ3) is 2.62. The Labute approximate surface area is 120 Å². The standard InChI is InChI=1S/C17H21NO2/c1-5-15-12(2)16(18(4)13(15)3)17(19)20-11-14-9-7-6-8-10-14/h6-10H,5,11H2,1-4H3. The third-order valence-electron chi connectivity index (χ3n) is 3.84. The van der Waals surface area contributed by atoms with Crippen molar-refractivity contribution in [1.29, 1.82) is 0 Å². The van der Waals surface area contributed by atoms with Gasteiger partial charge in [0.25, 0.3) is 0 Å². The molecule has 0 amide bonds. The largest absolute Gasteiger partial charge is 0.456 e. The molecule has 2 aromatic rings. The van der Waals surface area contributed by atoms with E-state index in [1.807, 2.05) is 55.8 Å². The minimum absolute atomic E-state index is 0.253. The number of aromatic nitrogens is 1. The number of carbonyl (C=O) groups excluding carboxylic acids is 1. The first kappa shape index (κ1) is 14.4. The Morgan fingerprint density at radius 1 is 1.20 bits per heavy atom. The number of carbonyl (C=O) groups is 1. The van der Waals surface area contributed by atoms with Gasteiger partial charge in [0, 0.05) is 12.7 Å². The molecule has 106 valence electrons. The van der Waals surface area contributed by atoms with E-state index >= 15 is 0 Å². The maximum Gasteiger partial charge on any atom is 0.355 e. The lowest BCUT2D eigenvalue weighted by Crippen LogP contribution is -2.12. The lowest BCUT2D eigenvalue weighted by atomic mass is 10.1. The predicted octanol–water partition coefficient (Wildman–Crippen LogP) is 3.56. The van der Waals surface area contributed by atoms with Crippen molar-refractivity contribution in [3.05, 3.63) is 58.4 Å². The van der Waals surface area contributed by atoms with E-state index < -0.39 is 0 Å². The van der Waals surface area contributed by atoms with Gasteiger partial charge in [0.15, 0.2) is 0 Å². The smallest absolute Gasteiger partial charge is 0.355 e. The molecule has 1 aromatic heterocycles. The molecule has 3 heteroatoms. The Hall–Kier alpha value is -2.03. The average Bonchev–Trinajstić information content (AvgIpc) is 2.67. The van der Waals surface area contributed by atoms with Crippen LogP contribution in [0.5, 0.6) is 0 Å². The molecule has 1 aromatic carbocycles. The quantitative estimate of drug-likeness (QED) is 0.796. The molecule has 0 spiro atoms. The second kappa shape index (κ2) is 5.95. The molecule has 0 fully saturated rings. The van der Waals surface area contributed by atoms with Crippen LogP contribution in [0.25, 0.3) is 0 Å². The first-order valence-corrected chi connectivity index (χ1v) is 6.92. The summed E-state index contributed by atoms with van der Waals surface area (Å²) in [5.41, 5.74) is 5.07. The van der Waals surface area contributed by atoms with Crippen molar-refractivity contribution in [2.24, 2.45) is 7.05 Å². The van der Waals surface area contributed by atoms with Gasteiger partial charge in [-0.2, -0.15) is 0 Å². The van der Waals surface area contributed by atoms with Gasteiger partial charge < -0.3 is 9.30 Å². The average molecular weight is 271 g/mol. The fourth-order valence-corrected chi connectivity index (χ4v) is 2.64. The number of ether oxygens (including phenoxy) is 1. The Morgan fingerprint density at radius 3 is 2.40 bits per heavy atom. The normalized spacial score (nSPS) is 10.6. The molecule has 0 aliphatic carbocycles. The molecular formula is C17H21NO2. The summed E-state index contributed by atoms with van der Waals surface area (Å²) in [6, 6.07) is 9.73. The molecule has 0 radical (unpaired) electrons. The summed E-state index contributed by atoms with van der Waals surface area (Å²) in [5, 5.41) is 0. The Bertz CT molecular complexity index is 612. The fourth-order valence-electron chi connectivity index (χ4n) is 2.64. The van der Waals surface area contributed by atoms with Gasteiger partial charge in [-0.1, -0.05) is 37.3 Å². The molecule has 0 saturated carbocycles. The van der Waals surface area contributed by atoms with Crippen molar-refractivity contribution < 1.29 is 9.53 Å². The van der Waals surface area contributed by atoms with Gasteiger partial charge in [-0.15, -0.1) is 0 Å². The zero-order valence-electron chi connectivity index (χ0n) is 12.6. The van der Waals surface area contributed by atoms with E-state index in [2.05, 4.69) is 6.92 Å². The van der Waals surface area contributed by atoms with E-state index in [1.54, 1.807) is 0 Å². The summed E-state index contributed by atoms with van der Waals surface area (Å²) < 4.78 is 7.36. The minimum atomic E-state index is -0.253. The second-order valence-corrected chi connectivity index (χ2v) is 5.01. The lowest BCUT2D eigenvalue weighted by molar-refractivity contribution is 0.0460. The zero-order chi connectivity index (χ0) is 14.7. The van der Waals surface area contributed by atoms with Gasteiger partial charge in [0.2, 0.25) is 0 Å². The first-order chi connectivity index (χ1) is 9.56. The number of esters is 1. The van der Waals surface area contributed by atoms with Crippen LogP contribution >= 0.6 is 0 Å². The van der Waals surface area contributed by atoms with Gasteiger partial charge in [0.1, 0.15) is 12.3 Å². The van der Waals surface area contributed by atoms with E-state index in [0.717, 1.165) is 23.2 Å². The van der Waals surface area contributed by atoms with E-state index in [-0.39, 0.29) is 5.97 Å². The SMILES string of the molecule is CCc1c(C)c(C(=O)OCc2ccccc2)n(C)c1C. The minimum Gasteiger partial charge on any atom is -0.456 e. The van der Waals surface area contributed by atoms with Crippen LogP contribution in [0.3, 0.4) is 0 Å². The lowest BCUT2D eigenvalue weighted by Gasteiger charge is -2.07. The summed E-state index contributed by atoms with van der Waals surface area (Å²) in [6.45, 7) is 6.45. The highest BCUT2D eigenvalue weighted by Crippen LogP contribution is 2.22. The van der Waals surface area contributed by atoms with Crippen LogP contribution in [-0.2, 0) is 24.8 Å². The van der Waals surface area contributed by atoms with E-state index in [0.29, 0.717) is 12.3 Å². The maximum atomic E-state index is 12.3. The monoisotopic (exact) mass is 271 g/mol. The molecule has 0 aliphatic heterocycles. The van der Waals surface area contributed by atoms with E-state index in [4.69, 9.17) is 4.74 Å². The van der Waals surface area contributed by atoms with Crippen molar-refractivity contribution in [3.8, 4) is 0 Å². The highest BCUT2D eigenvalue weighted by Gasteiger charge is 2.20. The van der Waals surface area contributed by atoms with Crippen LogP contribution in [0.4, 0.5) is 0 Å². The Morgan fingerprint density at radius 2 is 1.85 bits per heavy atom. The summed E-state index contributed by atoms with van der Waals surface area (Å²) in [5.74, 6) is -0.253. The van der Waals surface area contributed by atoms with Crippen LogP contribution < -0.4 is 0 Å². The van der Waals surface area contributed by atoms with Gasteiger partial charge >= 0.3 is 5.97 Å². The van der Waals surface area contributed by atoms with Gasteiger partial charge in [0.05, 0.1) is 0 Å². The molecule has 0 unspecified atom stereocenters. The van der Waals surface area contributed by atoms with Crippen LogP contribution in [0, 0.1) is 13.8 Å². The molecule has 2 rings (SSSR count). The van der Waals surface area contributed by atoms with Crippen molar-refractivity contribution >= 4 is 5.97 Å². The van der Waals surface area contributed by atoms with E-state index in [9.17, 15) is 4.79 Å². The number of hydrogen-bond donors (Lipinski definition) is 0. The molecule has 0 N–H and O–H groups in total.